The van der Waals surface area contributed by atoms with Crippen LogP contribution < -0.4 is 0 Å². The third-order valence-corrected chi connectivity index (χ3v) is 5.26. The number of carbonyl (C=O) groups is 1. The minimum Gasteiger partial charge on any atom is -0.466 e. The highest BCUT2D eigenvalue weighted by Gasteiger charge is 2.51. The Labute approximate surface area is 122 Å². The van der Waals surface area contributed by atoms with E-state index >= 15 is 0 Å². The third-order valence-electron chi connectivity index (χ3n) is 5.26. The van der Waals surface area contributed by atoms with Crippen molar-refractivity contribution in [1.29, 1.82) is 0 Å². The summed E-state index contributed by atoms with van der Waals surface area (Å²) in [6.07, 6.45) is 5.28. The Kier molecular flexibility index (Phi) is 5.08. The molecule has 0 aromatic rings. The molecular weight excluding hydrogens is 254 g/mol. The molecule has 2 rings (SSSR count). The minimum absolute atomic E-state index is 0.0473. The van der Waals surface area contributed by atoms with Crippen molar-refractivity contribution in [1.82, 2.24) is 4.90 Å². The number of hydrogen-bond acceptors (Lipinski definition) is 4. The SMILES string of the molecule is CCOC(=O)CC1(N2CCOCC2)CCCCC1(C)C. The van der Waals surface area contributed by atoms with Crippen molar-refractivity contribution in [3.63, 3.8) is 0 Å². The summed E-state index contributed by atoms with van der Waals surface area (Å²) >= 11 is 0. The van der Waals surface area contributed by atoms with E-state index < -0.39 is 0 Å². The van der Waals surface area contributed by atoms with Crippen molar-refractivity contribution in [3.05, 3.63) is 0 Å². The zero-order valence-electron chi connectivity index (χ0n) is 13.2. The van der Waals surface area contributed by atoms with Crippen molar-refractivity contribution >= 4 is 5.97 Å². The van der Waals surface area contributed by atoms with E-state index in [0.717, 1.165) is 32.7 Å². The predicted molar refractivity (Wildman–Crippen MR) is 78.6 cm³/mol. The van der Waals surface area contributed by atoms with Crippen LogP contribution in [0.4, 0.5) is 0 Å². The number of carbonyl (C=O) groups excluding carboxylic acids is 1. The highest BCUT2D eigenvalue weighted by atomic mass is 16.5. The summed E-state index contributed by atoms with van der Waals surface area (Å²) in [6.45, 7) is 10.4. The van der Waals surface area contributed by atoms with Crippen molar-refractivity contribution in [3.8, 4) is 0 Å². The Morgan fingerprint density at radius 2 is 1.85 bits per heavy atom. The minimum atomic E-state index is -0.0543. The van der Waals surface area contributed by atoms with Crippen LogP contribution in [-0.4, -0.2) is 49.3 Å². The van der Waals surface area contributed by atoms with Gasteiger partial charge in [-0.3, -0.25) is 9.69 Å². The molecule has 2 fully saturated rings. The molecule has 0 bridgehead atoms. The fraction of sp³-hybridized carbons (Fsp3) is 0.938. The van der Waals surface area contributed by atoms with Crippen LogP contribution in [0, 0.1) is 5.41 Å². The third kappa shape index (κ3) is 3.01. The van der Waals surface area contributed by atoms with Gasteiger partial charge < -0.3 is 9.47 Å². The average molecular weight is 283 g/mol. The molecule has 2 aliphatic rings. The number of nitrogens with zero attached hydrogens (tertiary/aromatic N) is 1. The summed E-state index contributed by atoms with van der Waals surface area (Å²) in [5.74, 6) is -0.0473. The molecule has 1 saturated carbocycles. The van der Waals surface area contributed by atoms with Crippen molar-refractivity contribution in [2.45, 2.75) is 58.4 Å². The van der Waals surface area contributed by atoms with E-state index in [0.29, 0.717) is 13.0 Å². The van der Waals surface area contributed by atoms with Crippen molar-refractivity contribution < 1.29 is 14.3 Å². The number of esters is 1. The normalized spacial score (nSPS) is 30.9. The summed E-state index contributed by atoms with van der Waals surface area (Å²) < 4.78 is 10.8. The zero-order valence-corrected chi connectivity index (χ0v) is 13.2. The largest absolute Gasteiger partial charge is 0.466 e. The fourth-order valence-corrected chi connectivity index (χ4v) is 4.02. The second-order valence-corrected chi connectivity index (χ2v) is 6.70. The molecule has 1 unspecified atom stereocenters. The molecular formula is C16H29NO3. The van der Waals surface area contributed by atoms with E-state index in [1.807, 2.05) is 6.92 Å². The van der Waals surface area contributed by atoms with Gasteiger partial charge in [0, 0.05) is 18.6 Å². The molecule has 0 radical (unpaired) electrons. The van der Waals surface area contributed by atoms with Gasteiger partial charge in [-0.15, -0.1) is 0 Å². The summed E-state index contributed by atoms with van der Waals surface area (Å²) in [4.78, 5) is 14.7. The Balaban J connectivity index is 2.23. The van der Waals surface area contributed by atoms with Gasteiger partial charge in [-0.1, -0.05) is 26.7 Å². The topological polar surface area (TPSA) is 38.8 Å². The first kappa shape index (κ1) is 15.8. The van der Waals surface area contributed by atoms with Crippen LogP contribution in [0.25, 0.3) is 0 Å². The van der Waals surface area contributed by atoms with Gasteiger partial charge in [-0.25, -0.2) is 0 Å². The molecule has 4 heteroatoms. The molecule has 1 aliphatic carbocycles. The molecule has 0 N–H and O–H groups in total. The second-order valence-electron chi connectivity index (χ2n) is 6.70. The van der Waals surface area contributed by atoms with Gasteiger partial charge in [0.05, 0.1) is 26.2 Å². The lowest BCUT2D eigenvalue weighted by molar-refractivity contribution is -0.156. The Hall–Kier alpha value is -0.610. The van der Waals surface area contributed by atoms with E-state index in [1.165, 1.54) is 19.3 Å². The number of hydrogen-bond donors (Lipinski definition) is 0. The molecule has 1 atom stereocenters. The number of ether oxygens (including phenoxy) is 2. The molecule has 1 saturated heterocycles. The van der Waals surface area contributed by atoms with Crippen LogP contribution in [0.1, 0.15) is 52.9 Å². The molecule has 0 spiro atoms. The summed E-state index contributed by atoms with van der Waals surface area (Å²) in [6, 6.07) is 0. The Morgan fingerprint density at radius 1 is 1.20 bits per heavy atom. The highest BCUT2D eigenvalue weighted by Crippen LogP contribution is 2.49. The van der Waals surface area contributed by atoms with Gasteiger partial charge >= 0.3 is 5.97 Å². The van der Waals surface area contributed by atoms with E-state index in [9.17, 15) is 4.79 Å². The molecule has 4 nitrogen and oxygen atoms in total. The van der Waals surface area contributed by atoms with Gasteiger partial charge in [0.2, 0.25) is 0 Å². The maximum atomic E-state index is 12.2. The van der Waals surface area contributed by atoms with Crippen molar-refractivity contribution in [2.75, 3.05) is 32.9 Å². The summed E-state index contributed by atoms with van der Waals surface area (Å²) in [5.41, 5.74) is 0.0939. The first-order valence-corrected chi connectivity index (χ1v) is 8.00. The van der Waals surface area contributed by atoms with Gasteiger partial charge in [-0.2, -0.15) is 0 Å². The lowest BCUT2D eigenvalue weighted by Crippen LogP contribution is -2.63. The fourth-order valence-electron chi connectivity index (χ4n) is 4.02. The monoisotopic (exact) mass is 283 g/mol. The van der Waals surface area contributed by atoms with Crippen LogP contribution in [0.5, 0.6) is 0 Å². The maximum absolute atomic E-state index is 12.2. The lowest BCUT2D eigenvalue weighted by Gasteiger charge is -2.57. The molecule has 1 aliphatic heterocycles. The molecule has 116 valence electrons. The smallest absolute Gasteiger partial charge is 0.307 e. The molecule has 0 amide bonds. The zero-order chi connectivity index (χ0) is 14.6. The molecule has 0 aromatic heterocycles. The van der Waals surface area contributed by atoms with Crippen LogP contribution >= 0.6 is 0 Å². The maximum Gasteiger partial charge on any atom is 0.307 e. The number of rotatable bonds is 4. The highest BCUT2D eigenvalue weighted by molar-refractivity contribution is 5.71. The summed E-state index contributed by atoms with van der Waals surface area (Å²) in [5, 5.41) is 0. The van der Waals surface area contributed by atoms with E-state index in [-0.39, 0.29) is 16.9 Å². The van der Waals surface area contributed by atoms with Crippen LogP contribution in [0.3, 0.4) is 0 Å². The van der Waals surface area contributed by atoms with E-state index in [4.69, 9.17) is 9.47 Å². The Bertz CT molecular complexity index is 337. The molecule has 0 aromatic carbocycles. The first-order chi connectivity index (χ1) is 9.52. The predicted octanol–water partition coefficient (Wildman–Crippen LogP) is 2.61. The molecule has 1 heterocycles. The average Bonchev–Trinajstić information content (AvgIpc) is 2.42. The van der Waals surface area contributed by atoms with Crippen molar-refractivity contribution in [2.24, 2.45) is 5.41 Å². The van der Waals surface area contributed by atoms with E-state index in [1.54, 1.807) is 0 Å². The first-order valence-electron chi connectivity index (χ1n) is 8.00. The second kappa shape index (κ2) is 6.44. The van der Waals surface area contributed by atoms with Crippen LogP contribution in [0.15, 0.2) is 0 Å². The number of morpholine rings is 1. The van der Waals surface area contributed by atoms with Crippen LogP contribution in [-0.2, 0) is 14.3 Å². The Morgan fingerprint density at radius 3 is 2.45 bits per heavy atom. The van der Waals surface area contributed by atoms with Gasteiger partial charge in [-0.05, 0) is 25.2 Å². The molecule has 20 heavy (non-hydrogen) atoms. The lowest BCUT2D eigenvalue weighted by atomic mass is 9.60. The van der Waals surface area contributed by atoms with Gasteiger partial charge in [0.15, 0.2) is 0 Å². The van der Waals surface area contributed by atoms with Gasteiger partial charge in [0.25, 0.3) is 0 Å². The standard InChI is InChI=1S/C16H29NO3/c1-4-20-14(18)13-16(17-9-11-19-12-10-17)8-6-5-7-15(16,2)3/h4-13H2,1-3H3. The quantitative estimate of drug-likeness (QED) is 0.743. The van der Waals surface area contributed by atoms with Gasteiger partial charge in [0.1, 0.15) is 0 Å². The summed E-state index contributed by atoms with van der Waals surface area (Å²) in [7, 11) is 0. The van der Waals surface area contributed by atoms with E-state index in [2.05, 4.69) is 18.7 Å². The van der Waals surface area contributed by atoms with Crippen LogP contribution in [0.2, 0.25) is 0 Å².